The van der Waals surface area contributed by atoms with Gasteiger partial charge in [-0.15, -0.1) is 0 Å². The van der Waals surface area contributed by atoms with E-state index < -0.39 is 5.69 Å². The molecule has 3 aromatic heterocycles. The minimum atomic E-state index is -0.419. The lowest BCUT2D eigenvalue weighted by atomic mass is 10.1. The second kappa shape index (κ2) is 8.23. The Hall–Kier alpha value is -3.46. The highest BCUT2D eigenvalue weighted by atomic mass is 16.2. The van der Waals surface area contributed by atoms with Gasteiger partial charge in [-0.1, -0.05) is 24.3 Å². The monoisotopic (exact) mass is 435 g/mol. The highest BCUT2D eigenvalue weighted by molar-refractivity contribution is 5.85. The fourth-order valence-electron chi connectivity index (χ4n) is 4.29. The summed E-state index contributed by atoms with van der Waals surface area (Å²) in [6, 6.07) is 9.79. The maximum absolute atomic E-state index is 13.6. The normalized spacial score (nSPS) is 12.6. The SMILES string of the molecule is CCn1c(N(C)C[C@H](C)N)nc2c1c(=O)n(Cc1nc(C)cc3ccccc13)c(=O)n2C. The number of aromatic nitrogens is 5. The molecule has 0 amide bonds. The zero-order chi connectivity index (χ0) is 23.2. The van der Waals surface area contributed by atoms with Crippen molar-refractivity contribution < 1.29 is 0 Å². The third kappa shape index (κ3) is 3.58. The molecule has 1 aromatic carbocycles. The smallest absolute Gasteiger partial charge is 0.332 e. The number of likely N-dealkylation sites (N-methyl/N-ethyl adjacent to an activating group) is 1. The van der Waals surface area contributed by atoms with E-state index in [0.717, 1.165) is 16.5 Å². The van der Waals surface area contributed by atoms with Crippen LogP contribution in [0.3, 0.4) is 0 Å². The van der Waals surface area contributed by atoms with Crippen LogP contribution in [0.15, 0.2) is 39.9 Å². The van der Waals surface area contributed by atoms with E-state index in [0.29, 0.717) is 35.9 Å². The molecule has 9 heteroatoms. The first-order valence-electron chi connectivity index (χ1n) is 10.7. The number of hydrogen-bond acceptors (Lipinski definition) is 6. The number of imidazole rings is 1. The molecule has 0 fully saturated rings. The number of anilines is 1. The molecule has 9 nitrogen and oxygen atoms in total. The fourth-order valence-corrected chi connectivity index (χ4v) is 4.29. The zero-order valence-electron chi connectivity index (χ0n) is 19.2. The summed E-state index contributed by atoms with van der Waals surface area (Å²) in [6.45, 7) is 6.97. The predicted molar refractivity (Wildman–Crippen MR) is 127 cm³/mol. The van der Waals surface area contributed by atoms with Gasteiger partial charge in [0.05, 0.1) is 12.2 Å². The molecule has 2 N–H and O–H groups in total. The Kier molecular flexibility index (Phi) is 5.60. The summed E-state index contributed by atoms with van der Waals surface area (Å²) in [5.41, 5.74) is 7.47. The van der Waals surface area contributed by atoms with Crippen LogP contribution in [0.1, 0.15) is 25.2 Å². The Morgan fingerprint density at radius 3 is 2.56 bits per heavy atom. The van der Waals surface area contributed by atoms with Crippen LogP contribution in [-0.4, -0.2) is 43.3 Å². The van der Waals surface area contributed by atoms with E-state index in [2.05, 4.69) is 9.97 Å². The quantitative estimate of drug-likeness (QED) is 0.493. The third-order valence-corrected chi connectivity index (χ3v) is 5.69. The van der Waals surface area contributed by atoms with Gasteiger partial charge in [-0.05, 0) is 32.2 Å². The van der Waals surface area contributed by atoms with Crippen LogP contribution in [-0.2, 0) is 20.1 Å². The van der Waals surface area contributed by atoms with Gasteiger partial charge in [0, 0.05) is 44.3 Å². The van der Waals surface area contributed by atoms with E-state index in [9.17, 15) is 9.59 Å². The van der Waals surface area contributed by atoms with E-state index in [1.165, 1.54) is 9.13 Å². The van der Waals surface area contributed by atoms with Crippen molar-refractivity contribution in [2.45, 2.75) is 39.9 Å². The average molecular weight is 436 g/mol. The number of hydrogen-bond donors (Lipinski definition) is 1. The minimum absolute atomic E-state index is 0.0636. The first-order chi connectivity index (χ1) is 15.2. The molecule has 0 radical (unpaired) electrons. The number of aryl methyl sites for hydroxylation is 3. The van der Waals surface area contributed by atoms with Crippen LogP contribution in [0.5, 0.6) is 0 Å². The summed E-state index contributed by atoms with van der Waals surface area (Å²) in [5.74, 6) is 0.615. The zero-order valence-corrected chi connectivity index (χ0v) is 19.2. The van der Waals surface area contributed by atoms with Crippen LogP contribution in [0.25, 0.3) is 21.9 Å². The van der Waals surface area contributed by atoms with Gasteiger partial charge in [0.25, 0.3) is 5.56 Å². The van der Waals surface area contributed by atoms with Crippen LogP contribution in [0.2, 0.25) is 0 Å². The molecule has 0 aliphatic carbocycles. The van der Waals surface area contributed by atoms with E-state index in [1.807, 2.05) is 67.6 Å². The Labute approximate surface area is 185 Å². The van der Waals surface area contributed by atoms with Crippen LogP contribution < -0.4 is 21.9 Å². The molecule has 32 heavy (non-hydrogen) atoms. The van der Waals surface area contributed by atoms with Crippen molar-refractivity contribution in [1.29, 1.82) is 0 Å². The van der Waals surface area contributed by atoms with Gasteiger partial charge in [0.2, 0.25) is 5.95 Å². The van der Waals surface area contributed by atoms with Crippen molar-refractivity contribution in [3.8, 4) is 0 Å². The maximum atomic E-state index is 13.6. The number of nitrogens with zero attached hydrogens (tertiary/aromatic N) is 6. The molecule has 1 atom stereocenters. The van der Waals surface area contributed by atoms with Gasteiger partial charge < -0.3 is 15.2 Å². The molecule has 0 aliphatic rings. The van der Waals surface area contributed by atoms with Gasteiger partial charge in [0.15, 0.2) is 11.2 Å². The second-order valence-corrected chi connectivity index (χ2v) is 8.35. The summed E-state index contributed by atoms with van der Waals surface area (Å²) >= 11 is 0. The van der Waals surface area contributed by atoms with Gasteiger partial charge in [-0.3, -0.25) is 18.9 Å². The number of rotatable bonds is 6. The summed E-state index contributed by atoms with van der Waals surface area (Å²) in [6.07, 6.45) is 0. The van der Waals surface area contributed by atoms with E-state index in [1.54, 1.807) is 7.05 Å². The summed E-state index contributed by atoms with van der Waals surface area (Å²) in [5, 5.41) is 1.95. The van der Waals surface area contributed by atoms with Gasteiger partial charge >= 0.3 is 5.69 Å². The molecule has 0 aliphatic heterocycles. The van der Waals surface area contributed by atoms with Crippen molar-refractivity contribution in [3.05, 3.63) is 62.6 Å². The average Bonchev–Trinajstić information content (AvgIpc) is 3.14. The first kappa shape index (κ1) is 21.8. The van der Waals surface area contributed by atoms with Crippen molar-refractivity contribution in [1.82, 2.24) is 23.7 Å². The van der Waals surface area contributed by atoms with E-state index in [-0.39, 0.29) is 18.1 Å². The molecule has 0 spiro atoms. The highest BCUT2D eigenvalue weighted by Crippen LogP contribution is 2.21. The van der Waals surface area contributed by atoms with Gasteiger partial charge in [-0.25, -0.2) is 4.79 Å². The van der Waals surface area contributed by atoms with E-state index in [4.69, 9.17) is 5.73 Å². The Morgan fingerprint density at radius 2 is 1.88 bits per heavy atom. The number of pyridine rings is 1. The van der Waals surface area contributed by atoms with Crippen LogP contribution in [0.4, 0.5) is 5.95 Å². The molecule has 0 saturated carbocycles. The molecule has 0 saturated heterocycles. The predicted octanol–water partition coefficient (Wildman–Crippen LogP) is 1.60. The van der Waals surface area contributed by atoms with Gasteiger partial charge in [0.1, 0.15) is 0 Å². The summed E-state index contributed by atoms with van der Waals surface area (Å²) in [7, 11) is 3.53. The van der Waals surface area contributed by atoms with Crippen LogP contribution >= 0.6 is 0 Å². The lowest BCUT2D eigenvalue weighted by Crippen LogP contribution is -2.40. The topological polar surface area (TPSA) is 104 Å². The van der Waals surface area contributed by atoms with Crippen molar-refractivity contribution in [3.63, 3.8) is 0 Å². The molecular formula is C23H29N7O2. The Balaban J connectivity index is 1.95. The summed E-state index contributed by atoms with van der Waals surface area (Å²) in [4.78, 5) is 38.0. The lowest BCUT2D eigenvalue weighted by molar-refractivity contribution is 0.643. The third-order valence-electron chi connectivity index (χ3n) is 5.69. The number of fused-ring (bicyclic) bond motifs is 2. The molecule has 168 valence electrons. The second-order valence-electron chi connectivity index (χ2n) is 8.35. The van der Waals surface area contributed by atoms with Crippen LogP contribution in [0, 0.1) is 6.92 Å². The lowest BCUT2D eigenvalue weighted by Gasteiger charge is -2.20. The number of benzene rings is 1. The van der Waals surface area contributed by atoms with Crippen molar-refractivity contribution in [2.24, 2.45) is 12.8 Å². The highest BCUT2D eigenvalue weighted by Gasteiger charge is 2.22. The maximum Gasteiger partial charge on any atom is 0.332 e. The minimum Gasteiger partial charge on any atom is -0.344 e. The Morgan fingerprint density at radius 1 is 1.16 bits per heavy atom. The standard InChI is InChI=1S/C23H29N7O2/c1-6-29-19-20(26-22(29)27(4)12-14(2)24)28(5)23(32)30(21(19)31)13-18-17-10-8-7-9-16(17)11-15(3)25-18/h7-11,14H,6,12-13,24H2,1-5H3/t14-/m0/s1. The van der Waals surface area contributed by atoms with E-state index >= 15 is 0 Å². The number of nitrogens with two attached hydrogens (primary N) is 1. The molecule has 0 unspecified atom stereocenters. The Bertz CT molecular complexity index is 1430. The van der Waals surface area contributed by atoms with Crippen molar-refractivity contribution in [2.75, 3.05) is 18.5 Å². The first-order valence-corrected chi connectivity index (χ1v) is 10.7. The molecule has 3 heterocycles. The van der Waals surface area contributed by atoms with Gasteiger partial charge in [-0.2, -0.15) is 4.98 Å². The molecular weight excluding hydrogens is 406 g/mol. The molecule has 4 aromatic rings. The molecule has 4 rings (SSSR count). The summed E-state index contributed by atoms with van der Waals surface area (Å²) < 4.78 is 4.53. The molecule has 0 bridgehead atoms. The van der Waals surface area contributed by atoms with Crippen molar-refractivity contribution >= 4 is 27.9 Å². The largest absolute Gasteiger partial charge is 0.344 e. The fraction of sp³-hybridized carbons (Fsp3) is 0.391.